The summed E-state index contributed by atoms with van der Waals surface area (Å²) >= 11 is 0. The van der Waals surface area contributed by atoms with Crippen molar-refractivity contribution in [2.24, 2.45) is 5.92 Å². The highest BCUT2D eigenvalue weighted by molar-refractivity contribution is 5.96. The SMILES string of the molecule is Cc1nc2ccccn2c1CN1CCC[C@@H](C(=O)c2ccccn2)C1. The molecule has 0 spiro atoms. The van der Waals surface area contributed by atoms with Gasteiger partial charge in [0, 0.05) is 31.4 Å². The number of imidazole rings is 1. The molecule has 0 radical (unpaired) electrons. The highest BCUT2D eigenvalue weighted by Crippen LogP contribution is 2.23. The summed E-state index contributed by atoms with van der Waals surface area (Å²) in [4.78, 5) is 24.0. The quantitative estimate of drug-likeness (QED) is 0.688. The Labute approximate surface area is 147 Å². The molecule has 1 aliphatic heterocycles. The van der Waals surface area contributed by atoms with Crippen LogP contribution in [0.2, 0.25) is 0 Å². The van der Waals surface area contributed by atoms with Crippen LogP contribution >= 0.6 is 0 Å². The van der Waals surface area contributed by atoms with Crippen molar-refractivity contribution in [3.8, 4) is 0 Å². The van der Waals surface area contributed by atoms with Crippen molar-refractivity contribution in [2.45, 2.75) is 26.3 Å². The second-order valence-corrected chi connectivity index (χ2v) is 6.73. The molecule has 1 atom stereocenters. The molecule has 128 valence electrons. The number of aryl methyl sites for hydroxylation is 1. The minimum atomic E-state index is 0.0307. The van der Waals surface area contributed by atoms with Crippen LogP contribution in [0, 0.1) is 12.8 Å². The molecule has 0 amide bonds. The van der Waals surface area contributed by atoms with E-state index in [1.165, 1.54) is 5.69 Å². The van der Waals surface area contributed by atoms with E-state index in [1.807, 2.05) is 36.4 Å². The van der Waals surface area contributed by atoms with E-state index in [-0.39, 0.29) is 11.7 Å². The standard InChI is InChI=1S/C20H22N4O/c1-15-18(24-12-5-3-9-19(24)22-15)14-23-11-6-7-16(13-23)20(25)17-8-2-4-10-21-17/h2-5,8-10,12,16H,6-7,11,13-14H2,1H3/t16-/m1/s1. The van der Waals surface area contributed by atoms with Crippen molar-refractivity contribution in [2.75, 3.05) is 13.1 Å². The zero-order valence-electron chi connectivity index (χ0n) is 14.4. The third-order valence-electron chi connectivity index (χ3n) is 5.00. The van der Waals surface area contributed by atoms with Crippen molar-refractivity contribution in [1.29, 1.82) is 0 Å². The minimum absolute atomic E-state index is 0.0307. The van der Waals surface area contributed by atoms with Crippen molar-refractivity contribution in [1.82, 2.24) is 19.3 Å². The molecular weight excluding hydrogens is 312 g/mol. The molecule has 0 bridgehead atoms. The molecule has 1 aliphatic rings. The van der Waals surface area contributed by atoms with Gasteiger partial charge in [0.15, 0.2) is 5.78 Å². The maximum absolute atomic E-state index is 12.7. The number of Topliss-reactive ketones (excluding diaryl/α,β-unsaturated/α-hetero) is 1. The van der Waals surface area contributed by atoms with Crippen LogP contribution in [0.4, 0.5) is 0 Å². The minimum Gasteiger partial charge on any atom is -0.302 e. The first-order valence-electron chi connectivity index (χ1n) is 8.82. The molecule has 0 aliphatic carbocycles. The molecule has 25 heavy (non-hydrogen) atoms. The smallest absolute Gasteiger partial charge is 0.185 e. The van der Waals surface area contributed by atoms with Crippen molar-refractivity contribution < 1.29 is 4.79 Å². The van der Waals surface area contributed by atoms with Gasteiger partial charge in [-0.05, 0) is 50.6 Å². The third kappa shape index (κ3) is 3.20. The normalized spacial score (nSPS) is 18.5. The maximum Gasteiger partial charge on any atom is 0.185 e. The van der Waals surface area contributed by atoms with Gasteiger partial charge in [0.05, 0.1) is 11.4 Å². The van der Waals surface area contributed by atoms with Crippen LogP contribution in [0.25, 0.3) is 5.65 Å². The van der Waals surface area contributed by atoms with E-state index in [0.717, 1.165) is 43.8 Å². The molecule has 4 heterocycles. The van der Waals surface area contributed by atoms with E-state index in [4.69, 9.17) is 0 Å². The lowest BCUT2D eigenvalue weighted by Crippen LogP contribution is -2.38. The third-order valence-corrected chi connectivity index (χ3v) is 5.00. The summed E-state index contributed by atoms with van der Waals surface area (Å²) in [6.45, 7) is 4.69. The van der Waals surface area contributed by atoms with Crippen LogP contribution < -0.4 is 0 Å². The number of ketones is 1. The highest BCUT2D eigenvalue weighted by Gasteiger charge is 2.28. The number of piperidine rings is 1. The summed E-state index contributed by atoms with van der Waals surface area (Å²) in [6, 6.07) is 11.6. The molecule has 0 aromatic carbocycles. The fourth-order valence-electron chi connectivity index (χ4n) is 3.70. The second kappa shape index (κ2) is 6.76. The summed E-state index contributed by atoms with van der Waals surface area (Å²) < 4.78 is 2.15. The number of hydrogen-bond donors (Lipinski definition) is 0. The molecule has 3 aromatic rings. The average molecular weight is 334 g/mol. The van der Waals surface area contributed by atoms with Crippen molar-refractivity contribution in [3.63, 3.8) is 0 Å². The highest BCUT2D eigenvalue weighted by atomic mass is 16.1. The zero-order valence-corrected chi connectivity index (χ0v) is 14.4. The predicted molar refractivity (Wildman–Crippen MR) is 96.5 cm³/mol. The number of carbonyl (C=O) groups is 1. The number of pyridine rings is 2. The lowest BCUT2D eigenvalue weighted by atomic mass is 9.92. The molecule has 5 heteroatoms. The lowest BCUT2D eigenvalue weighted by Gasteiger charge is -2.31. The number of carbonyl (C=O) groups excluding carboxylic acids is 1. The summed E-state index contributed by atoms with van der Waals surface area (Å²) in [5.74, 6) is 0.198. The van der Waals surface area contributed by atoms with E-state index < -0.39 is 0 Å². The van der Waals surface area contributed by atoms with Crippen LogP contribution in [0.3, 0.4) is 0 Å². The molecule has 0 unspecified atom stereocenters. The summed E-state index contributed by atoms with van der Waals surface area (Å²) in [5.41, 5.74) is 3.83. The Morgan fingerprint density at radius 1 is 1.24 bits per heavy atom. The summed E-state index contributed by atoms with van der Waals surface area (Å²) in [7, 11) is 0. The Morgan fingerprint density at radius 3 is 2.96 bits per heavy atom. The summed E-state index contributed by atoms with van der Waals surface area (Å²) in [5, 5.41) is 0. The van der Waals surface area contributed by atoms with E-state index >= 15 is 0 Å². The van der Waals surface area contributed by atoms with Gasteiger partial charge in [-0.15, -0.1) is 0 Å². The van der Waals surface area contributed by atoms with Crippen LogP contribution in [0.5, 0.6) is 0 Å². The van der Waals surface area contributed by atoms with Crippen molar-refractivity contribution >= 4 is 11.4 Å². The number of likely N-dealkylation sites (tertiary alicyclic amines) is 1. The van der Waals surface area contributed by atoms with Gasteiger partial charge in [-0.2, -0.15) is 0 Å². The fraction of sp³-hybridized carbons (Fsp3) is 0.350. The van der Waals surface area contributed by atoms with Gasteiger partial charge in [0.2, 0.25) is 0 Å². The monoisotopic (exact) mass is 334 g/mol. The van der Waals surface area contributed by atoms with Gasteiger partial charge in [-0.3, -0.25) is 14.7 Å². The van der Waals surface area contributed by atoms with Gasteiger partial charge in [0.25, 0.3) is 0 Å². The lowest BCUT2D eigenvalue weighted by molar-refractivity contribution is 0.0804. The Balaban J connectivity index is 1.52. The van der Waals surface area contributed by atoms with E-state index in [1.54, 1.807) is 6.20 Å². The zero-order chi connectivity index (χ0) is 17.2. The van der Waals surface area contributed by atoms with E-state index in [0.29, 0.717) is 5.69 Å². The van der Waals surface area contributed by atoms with E-state index in [9.17, 15) is 4.79 Å². The first-order valence-corrected chi connectivity index (χ1v) is 8.82. The number of hydrogen-bond acceptors (Lipinski definition) is 4. The Morgan fingerprint density at radius 2 is 2.12 bits per heavy atom. The van der Waals surface area contributed by atoms with Gasteiger partial charge in [0.1, 0.15) is 11.3 Å². The van der Waals surface area contributed by atoms with Crippen LogP contribution in [0.1, 0.15) is 34.7 Å². The van der Waals surface area contributed by atoms with Gasteiger partial charge >= 0.3 is 0 Å². The first-order chi connectivity index (χ1) is 12.2. The second-order valence-electron chi connectivity index (χ2n) is 6.73. The van der Waals surface area contributed by atoms with Crippen LogP contribution in [-0.4, -0.2) is 38.1 Å². The van der Waals surface area contributed by atoms with Gasteiger partial charge in [-0.25, -0.2) is 4.98 Å². The predicted octanol–water partition coefficient (Wildman–Crippen LogP) is 3.13. The molecule has 5 nitrogen and oxygen atoms in total. The first kappa shape index (κ1) is 16.0. The van der Waals surface area contributed by atoms with Gasteiger partial charge in [-0.1, -0.05) is 12.1 Å². The molecular formula is C20H22N4O. The molecule has 0 saturated carbocycles. The molecule has 3 aromatic heterocycles. The van der Waals surface area contributed by atoms with E-state index in [2.05, 4.69) is 32.4 Å². The fourth-order valence-corrected chi connectivity index (χ4v) is 3.70. The maximum atomic E-state index is 12.7. The van der Waals surface area contributed by atoms with Crippen molar-refractivity contribution in [3.05, 3.63) is 65.9 Å². The largest absolute Gasteiger partial charge is 0.302 e. The number of nitrogens with zero attached hydrogens (tertiary/aromatic N) is 4. The number of aromatic nitrogens is 3. The Hall–Kier alpha value is -2.53. The topological polar surface area (TPSA) is 50.5 Å². The van der Waals surface area contributed by atoms with Crippen LogP contribution in [0.15, 0.2) is 48.8 Å². The number of rotatable bonds is 4. The molecule has 4 rings (SSSR count). The Kier molecular flexibility index (Phi) is 4.32. The van der Waals surface area contributed by atoms with Crippen LogP contribution in [-0.2, 0) is 6.54 Å². The summed E-state index contributed by atoms with van der Waals surface area (Å²) in [6.07, 6.45) is 5.73. The van der Waals surface area contributed by atoms with Gasteiger partial charge < -0.3 is 4.40 Å². The number of fused-ring (bicyclic) bond motifs is 1. The molecule has 1 saturated heterocycles. The molecule has 1 fully saturated rings. The average Bonchev–Trinajstić information content (AvgIpc) is 2.97. The molecule has 0 N–H and O–H groups in total. The Bertz CT molecular complexity index is 887.